The molecule has 2 rings (SSSR count). The first kappa shape index (κ1) is 21.4. The Balaban J connectivity index is 0.000000594. The molecule has 9 heteroatoms. The smallest absolute Gasteiger partial charge is 0.404 e. The van der Waals surface area contributed by atoms with Gasteiger partial charge < -0.3 is 25.5 Å². The third-order valence-electron chi connectivity index (χ3n) is 3.12. The largest absolute Gasteiger partial charge is 0.453 e. The summed E-state index contributed by atoms with van der Waals surface area (Å²) in [6.45, 7) is 2.90. The van der Waals surface area contributed by atoms with Crippen LogP contribution < -0.4 is 5.73 Å². The third kappa shape index (κ3) is 7.47. The lowest BCUT2D eigenvalue weighted by Crippen LogP contribution is -2.30. The summed E-state index contributed by atoms with van der Waals surface area (Å²) in [5.74, 6) is 1.14. The number of ether oxygens (including phenoxy) is 1. The summed E-state index contributed by atoms with van der Waals surface area (Å²) >= 11 is 3.35. The van der Waals surface area contributed by atoms with Gasteiger partial charge in [-0.2, -0.15) is 0 Å². The van der Waals surface area contributed by atoms with E-state index in [9.17, 15) is 9.59 Å². The van der Waals surface area contributed by atoms with Gasteiger partial charge >= 0.3 is 6.09 Å². The van der Waals surface area contributed by atoms with Gasteiger partial charge in [0, 0.05) is 20.1 Å². The predicted octanol–water partition coefficient (Wildman–Crippen LogP) is 1.96. The number of hydrogen-bond donors (Lipinski definition) is 3. The number of hydrogen-bond acceptors (Lipinski definition) is 5. The van der Waals surface area contributed by atoms with Crippen molar-refractivity contribution < 1.29 is 19.4 Å². The lowest BCUT2D eigenvalue weighted by Gasteiger charge is -2.22. The molecule has 1 aliphatic heterocycles. The molecule has 1 aliphatic rings. The second-order valence-electron chi connectivity index (χ2n) is 4.63. The van der Waals surface area contributed by atoms with Crippen LogP contribution in [0.25, 0.3) is 0 Å². The number of nitrogens with zero attached hydrogens (tertiary/aromatic N) is 2. The highest BCUT2D eigenvalue weighted by Gasteiger charge is 2.31. The maximum atomic E-state index is 11.9. The van der Waals surface area contributed by atoms with E-state index >= 15 is 0 Å². The number of nitrogens with two attached hydrogens (primary N) is 1. The number of halogens is 1. The van der Waals surface area contributed by atoms with Gasteiger partial charge in [0.1, 0.15) is 10.4 Å². The highest BCUT2D eigenvalue weighted by molar-refractivity contribution is 9.10. The number of aromatic amines is 1. The van der Waals surface area contributed by atoms with Gasteiger partial charge in [-0.05, 0) is 35.2 Å². The quantitative estimate of drug-likeness (QED) is 0.725. The van der Waals surface area contributed by atoms with Gasteiger partial charge in [0.05, 0.1) is 19.3 Å². The molecule has 0 aliphatic carbocycles. The summed E-state index contributed by atoms with van der Waals surface area (Å²) in [5.41, 5.74) is 4.43. The third-order valence-corrected chi connectivity index (χ3v) is 3.52. The van der Waals surface area contributed by atoms with E-state index < -0.39 is 6.09 Å². The molecule has 2 heterocycles. The number of likely N-dealkylation sites (tertiary alicyclic amines) is 1. The number of amides is 2. The van der Waals surface area contributed by atoms with Crippen LogP contribution in [-0.4, -0.2) is 52.7 Å². The minimum absolute atomic E-state index is 0.144. The van der Waals surface area contributed by atoms with Crippen molar-refractivity contribution in [2.75, 3.05) is 20.8 Å². The van der Waals surface area contributed by atoms with Crippen molar-refractivity contribution in [3.8, 4) is 0 Å². The zero-order valence-electron chi connectivity index (χ0n) is 13.7. The number of methoxy groups -OCH3 is 1. The van der Waals surface area contributed by atoms with Crippen molar-refractivity contribution in [1.29, 1.82) is 0 Å². The Morgan fingerprint density at radius 1 is 1.57 bits per heavy atom. The molecule has 0 aromatic carbocycles. The maximum absolute atomic E-state index is 11.9. The molecule has 0 spiro atoms. The average Bonchev–Trinajstić information content (AvgIpc) is 3.18. The van der Waals surface area contributed by atoms with E-state index in [1.54, 1.807) is 6.20 Å². The zero-order chi connectivity index (χ0) is 17.8. The fourth-order valence-electron chi connectivity index (χ4n) is 2.19. The molecule has 0 saturated carbocycles. The van der Waals surface area contributed by atoms with E-state index in [4.69, 9.17) is 5.11 Å². The minimum Gasteiger partial charge on any atom is -0.453 e. The van der Waals surface area contributed by atoms with Gasteiger partial charge in [-0.3, -0.25) is 4.79 Å². The Kier molecular flexibility index (Phi) is 11.1. The molecule has 0 radical (unpaired) electrons. The SMILES string of the molecule is CCCC(=O)N1CCCC1c1ncc(Br)[nH]1.CO.COC(N)=O. The predicted molar refractivity (Wildman–Crippen MR) is 89.6 cm³/mol. The molecule has 132 valence electrons. The van der Waals surface area contributed by atoms with Crippen molar-refractivity contribution >= 4 is 27.9 Å². The summed E-state index contributed by atoms with van der Waals surface area (Å²) in [5, 5.41) is 7.00. The van der Waals surface area contributed by atoms with Gasteiger partial charge in [-0.15, -0.1) is 0 Å². The first-order chi connectivity index (χ1) is 11.0. The number of aliphatic hydroxyl groups is 1. The van der Waals surface area contributed by atoms with E-state index in [-0.39, 0.29) is 11.9 Å². The van der Waals surface area contributed by atoms with Crippen LogP contribution in [0.5, 0.6) is 0 Å². The Hall–Kier alpha value is -1.61. The Bertz CT molecular complexity index is 481. The van der Waals surface area contributed by atoms with Gasteiger partial charge in [-0.25, -0.2) is 9.78 Å². The molecule has 1 aromatic rings. The molecule has 1 unspecified atom stereocenters. The fraction of sp³-hybridized carbons (Fsp3) is 0.643. The molecule has 2 amide bonds. The van der Waals surface area contributed by atoms with Gasteiger partial charge in [0.25, 0.3) is 0 Å². The van der Waals surface area contributed by atoms with Crippen molar-refractivity contribution in [2.45, 2.75) is 38.6 Å². The lowest BCUT2D eigenvalue weighted by atomic mass is 10.2. The topological polar surface area (TPSA) is 122 Å². The molecule has 4 N–H and O–H groups in total. The fourth-order valence-corrected chi connectivity index (χ4v) is 2.49. The lowest BCUT2D eigenvalue weighted by molar-refractivity contribution is -0.132. The van der Waals surface area contributed by atoms with Crippen LogP contribution >= 0.6 is 15.9 Å². The standard InChI is InChI=1S/C11H16BrN3O.C2H5NO2.CH4O/c1-2-4-10(16)15-6-3-5-8(15)11-13-7-9(12)14-11;1-5-2(3)4;1-2/h7-8H,2-6H2,1H3,(H,13,14);1H3,(H2,3,4);2H,1H3. The Labute approximate surface area is 144 Å². The van der Waals surface area contributed by atoms with Crippen molar-refractivity contribution in [2.24, 2.45) is 5.73 Å². The van der Waals surface area contributed by atoms with E-state index in [2.05, 4.69) is 36.4 Å². The minimum atomic E-state index is -0.745. The Morgan fingerprint density at radius 2 is 2.17 bits per heavy atom. The van der Waals surface area contributed by atoms with Crippen LogP contribution in [-0.2, 0) is 9.53 Å². The normalized spacial score (nSPS) is 15.9. The maximum Gasteiger partial charge on any atom is 0.404 e. The second kappa shape index (κ2) is 11.9. The number of aliphatic hydroxyl groups excluding tert-OH is 1. The molecule has 23 heavy (non-hydrogen) atoms. The van der Waals surface area contributed by atoms with Crippen LogP contribution in [0.2, 0.25) is 0 Å². The van der Waals surface area contributed by atoms with Gasteiger partial charge in [0.15, 0.2) is 0 Å². The molecule has 8 nitrogen and oxygen atoms in total. The monoisotopic (exact) mass is 392 g/mol. The average molecular weight is 393 g/mol. The summed E-state index contributed by atoms with van der Waals surface area (Å²) in [7, 11) is 2.22. The van der Waals surface area contributed by atoms with Crippen LogP contribution in [0.3, 0.4) is 0 Å². The highest BCUT2D eigenvalue weighted by atomic mass is 79.9. The van der Waals surface area contributed by atoms with Crippen LogP contribution in [0.1, 0.15) is 44.5 Å². The highest BCUT2D eigenvalue weighted by Crippen LogP contribution is 2.31. The number of aromatic nitrogens is 2. The molecule has 1 aromatic heterocycles. The first-order valence-electron chi connectivity index (χ1n) is 7.27. The van der Waals surface area contributed by atoms with Crippen molar-refractivity contribution in [3.63, 3.8) is 0 Å². The second-order valence-corrected chi connectivity index (χ2v) is 5.49. The molecular weight excluding hydrogens is 368 g/mol. The van der Waals surface area contributed by atoms with E-state index in [0.29, 0.717) is 6.42 Å². The van der Waals surface area contributed by atoms with Gasteiger partial charge in [-0.1, -0.05) is 6.92 Å². The number of rotatable bonds is 3. The number of carbonyl (C=O) groups excluding carboxylic acids is 2. The molecule has 0 bridgehead atoms. The summed E-state index contributed by atoms with van der Waals surface area (Å²) in [6, 6.07) is 0.144. The van der Waals surface area contributed by atoms with E-state index in [0.717, 1.165) is 43.3 Å². The van der Waals surface area contributed by atoms with E-state index in [1.165, 1.54) is 7.11 Å². The molecule has 1 fully saturated rings. The number of imidazole rings is 1. The van der Waals surface area contributed by atoms with Crippen LogP contribution in [0.15, 0.2) is 10.8 Å². The van der Waals surface area contributed by atoms with E-state index in [1.807, 2.05) is 11.8 Å². The summed E-state index contributed by atoms with van der Waals surface area (Å²) in [6.07, 6.45) is 4.62. The van der Waals surface area contributed by atoms with Crippen molar-refractivity contribution in [1.82, 2.24) is 14.9 Å². The summed E-state index contributed by atoms with van der Waals surface area (Å²) < 4.78 is 4.76. The van der Waals surface area contributed by atoms with Gasteiger partial charge in [0.2, 0.25) is 5.91 Å². The number of primary amides is 1. The first-order valence-corrected chi connectivity index (χ1v) is 8.06. The summed E-state index contributed by atoms with van der Waals surface area (Å²) in [4.78, 5) is 30.7. The number of nitrogens with one attached hydrogen (secondary N) is 1. The molecular formula is C14H25BrN4O4. The molecule has 1 atom stereocenters. The van der Waals surface area contributed by atoms with Crippen LogP contribution in [0, 0.1) is 0 Å². The Morgan fingerprint density at radius 3 is 2.61 bits per heavy atom. The molecule has 1 saturated heterocycles. The number of carbonyl (C=O) groups is 2. The number of H-pyrrole nitrogens is 1. The van der Waals surface area contributed by atoms with Crippen LogP contribution in [0.4, 0.5) is 4.79 Å². The van der Waals surface area contributed by atoms with Crippen molar-refractivity contribution in [3.05, 3.63) is 16.6 Å². The zero-order valence-corrected chi connectivity index (χ0v) is 15.3.